The number of ether oxygens (including phenoxy) is 1. The Bertz CT molecular complexity index is 228. The van der Waals surface area contributed by atoms with Crippen molar-refractivity contribution in [1.29, 1.82) is 0 Å². The minimum atomic E-state index is -0.692. The van der Waals surface area contributed by atoms with Crippen LogP contribution in [0.1, 0.15) is 33.1 Å². The first kappa shape index (κ1) is 12.5. The van der Waals surface area contributed by atoms with Gasteiger partial charge in [-0.25, -0.2) is 0 Å². The van der Waals surface area contributed by atoms with E-state index in [1.165, 1.54) is 0 Å². The number of aliphatic carboxylic acids is 1. The Balaban J connectivity index is 2.41. The molecule has 1 aliphatic rings. The van der Waals surface area contributed by atoms with Gasteiger partial charge >= 0.3 is 5.97 Å². The Labute approximate surface area is 91.2 Å². The van der Waals surface area contributed by atoms with Crippen LogP contribution in [0, 0.1) is 0 Å². The first-order valence-electron chi connectivity index (χ1n) is 5.48. The van der Waals surface area contributed by atoms with E-state index in [1.807, 2.05) is 18.7 Å². The van der Waals surface area contributed by atoms with Crippen LogP contribution in [0.5, 0.6) is 0 Å². The van der Waals surface area contributed by atoms with Gasteiger partial charge in [0.1, 0.15) is 6.04 Å². The average Bonchev–Trinajstić information content (AvgIpc) is 2.63. The smallest absolute Gasteiger partial charge is 0.320 e. The van der Waals surface area contributed by atoms with Crippen LogP contribution in [0.15, 0.2) is 0 Å². The van der Waals surface area contributed by atoms with Crippen molar-refractivity contribution in [2.45, 2.75) is 44.8 Å². The monoisotopic (exact) mass is 215 g/mol. The highest BCUT2D eigenvalue weighted by Crippen LogP contribution is 2.21. The summed E-state index contributed by atoms with van der Waals surface area (Å²) in [6.07, 6.45) is 2.64. The number of carboxylic acid groups (broad SMARTS) is 1. The molecule has 0 bridgehead atoms. The zero-order chi connectivity index (χ0) is 11.5. The molecule has 0 amide bonds. The zero-order valence-electron chi connectivity index (χ0n) is 9.82. The van der Waals surface area contributed by atoms with Crippen molar-refractivity contribution in [3.63, 3.8) is 0 Å². The minimum Gasteiger partial charge on any atom is -0.480 e. The number of nitrogens with zero attached hydrogens (tertiary/aromatic N) is 1. The van der Waals surface area contributed by atoms with Crippen LogP contribution >= 0.6 is 0 Å². The van der Waals surface area contributed by atoms with Gasteiger partial charge in [0.2, 0.25) is 0 Å². The molecule has 0 spiro atoms. The minimum absolute atomic E-state index is 0.161. The van der Waals surface area contributed by atoms with Crippen LogP contribution in [0.4, 0.5) is 0 Å². The fraction of sp³-hybridized carbons (Fsp3) is 0.909. The zero-order valence-corrected chi connectivity index (χ0v) is 9.82. The summed E-state index contributed by atoms with van der Waals surface area (Å²) in [6, 6.07) is -0.280. The second-order valence-electron chi connectivity index (χ2n) is 4.75. The van der Waals surface area contributed by atoms with Crippen LogP contribution in [0.3, 0.4) is 0 Å². The molecule has 1 unspecified atom stereocenters. The molecule has 0 aliphatic carbocycles. The predicted molar refractivity (Wildman–Crippen MR) is 57.9 cm³/mol. The maximum atomic E-state index is 10.9. The van der Waals surface area contributed by atoms with E-state index in [2.05, 4.69) is 0 Å². The molecule has 1 saturated heterocycles. The predicted octanol–water partition coefficient (Wildman–Crippen LogP) is 1.35. The van der Waals surface area contributed by atoms with Crippen molar-refractivity contribution in [3.8, 4) is 0 Å². The second-order valence-corrected chi connectivity index (χ2v) is 4.75. The lowest BCUT2D eigenvalue weighted by Crippen LogP contribution is -2.39. The van der Waals surface area contributed by atoms with Crippen LogP contribution < -0.4 is 0 Å². The molecule has 0 aromatic rings. The summed E-state index contributed by atoms with van der Waals surface area (Å²) in [5, 5.41) is 9.00. The fourth-order valence-corrected chi connectivity index (χ4v) is 1.89. The van der Waals surface area contributed by atoms with Gasteiger partial charge in [0.25, 0.3) is 0 Å². The normalized spacial score (nSPS) is 23.3. The number of hydrogen-bond acceptors (Lipinski definition) is 3. The number of rotatable bonds is 5. The van der Waals surface area contributed by atoms with E-state index in [4.69, 9.17) is 9.84 Å². The largest absolute Gasteiger partial charge is 0.480 e. The van der Waals surface area contributed by atoms with Crippen molar-refractivity contribution < 1.29 is 14.6 Å². The molecule has 0 aromatic carbocycles. The van der Waals surface area contributed by atoms with Crippen LogP contribution in [-0.4, -0.2) is 47.8 Å². The third-order valence-electron chi connectivity index (χ3n) is 3.20. The summed E-state index contributed by atoms with van der Waals surface area (Å²) < 4.78 is 5.32. The lowest BCUT2D eigenvalue weighted by molar-refractivity contribution is -0.142. The van der Waals surface area contributed by atoms with Crippen molar-refractivity contribution in [2.24, 2.45) is 0 Å². The first-order chi connectivity index (χ1) is 6.96. The standard InChI is InChI=1S/C11H21NO3/c1-11(2,15-3)6-8-12-7-4-5-9(12)10(13)14/h9H,4-8H2,1-3H3,(H,13,14). The highest BCUT2D eigenvalue weighted by Gasteiger charge is 2.31. The van der Waals surface area contributed by atoms with Gasteiger partial charge in [-0.2, -0.15) is 0 Å². The van der Waals surface area contributed by atoms with Gasteiger partial charge in [-0.3, -0.25) is 9.69 Å². The molecule has 88 valence electrons. The molecule has 0 radical (unpaired) electrons. The quantitative estimate of drug-likeness (QED) is 0.752. The summed E-state index contributed by atoms with van der Waals surface area (Å²) in [5.74, 6) is -0.692. The number of methoxy groups -OCH3 is 1. The van der Waals surface area contributed by atoms with Gasteiger partial charge in [0.15, 0.2) is 0 Å². The van der Waals surface area contributed by atoms with Gasteiger partial charge < -0.3 is 9.84 Å². The van der Waals surface area contributed by atoms with Crippen molar-refractivity contribution in [1.82, 2.24) is 4.90 Å². The molecule has 1 atom stereocenters. The number of likely N-dealkylation sites (tertiary alicyclic amines) is 1. The highest BCUT2D eigenvalue weighted by molar-refractivity contribution is 5.73. The summed E-state index contributed by atoms with van der Waals surface area (Å²) in [5.41, 5.74) is -0.161. The van der Waals surface area contributed by atoms with Crippen molar-refractivity contribution in [2.75, 3.05) is 20.2 Å². The lowest BCUT2D eigenvalue weighted by Gasteiger charge is -2.27. The lowest BCUT2D eigenvalue weighted by atomic mass is 10.0. The van der Waals surface area contributed by atoms with Crippen molar-refractivity contribution in [3.05, 3.63) is 0 Å². The molecule has 15 heavy (non-hydrogen) atoms. The average molecular weight is 215 g/mol. The van der Waals surface area contributed by atoms with Gasteiger partial charge in [0.05, 0.1) is 5.60 Å². The van der Waals surface area contributed by atoms with Gasteiger partial charge in [-0.15, -0.1) is 0 Å². The highest BCUT2D eigenvalue weighted by atomic mass is 16.5. The number of hydrogen-bond donors (Lipinski definition) is 1. The van der Waals surface area contributed by atoms with Gasteiger partial charge in [-0.1, -0.05) is 0 Å². The Morgan fingerprint density at radius 2 is 2.27 bits per heavy atom. The Morgan fingerprint density at radius 3 is 2.80 bits per heavy atom. The molecule has 1 aliphatic heterocycles. The first-order valence-corrected chi connectivity index (χ1v) is 5.48. The van der Waals surface area contributed by atoms with E-state index in [0.29, 0.717) is 0 Å². The Kier molecular flexibility index (Phi) is 4.11. The third-order valence-corrected chi connectivity index (χ3v) is 3.20. The maximum Gasteiger partial charge on any atom is 0.320 e. The molecular formula is C11H21NO3. The summed E-state index contributed by atoms with van der Waals surface area (Å²) in [4.78, 5) is 13.0. The van der Waals surface area contributed by atoms with Crippen LogP contribution in [0.25, 0.3) is 0 Å². The van der Waals surface area contributed by atoms with Gasteiger partial charge in [0, 0.05) is 13.7 Å². The van der Waals surface area contributed by atoms with Crippen molar-refractivity contribution >= 4 is 5.97 Å². The van der Waals surface area contributed by atoms with Crippen LogP contribution in [-0.2, 0) is 9.53 Å². The molecule has 1 N–H and O–H groups in total. The van der Waals surface area contributed by atoms with E-state index in [1.54, 1.807) is 7.11 Å². The maximum absolute atomic E-state index is 10.9. The van der Waals surface area contributed by atoms with E-state index < -0.39 is 5.97 Å². The molecule has 4 nitrogen and oxygen atoms in total. The summed E-state index contributed by atoms with van der Waals surface area (Å²) >= 11 is 0. The van der Waals surface area contributed by atoms with E-state index in [0.717, 1.165) is 32.4 Å². The molecule has 1 heterocycles. The molecular weight excluding hydrogens is 194 g/mol. The summed E-state index contributed by atoms with van der Waals surface area (Å²) in [7, 11) is 1.69. The fourth-order valence-electron chi connectivity index (χ4n) is 1.89. The number of carbonyl (C=O) groups is 1. The number of carboxylic acids is 1. The molecule has 0 aromatic heterocycles. The Morgan fingerprint density at radius 1 is 1.60 bits per heavy atom. The van der Waals surface area contributed by atoms with Gasteiger partial charge in [-0.05, 0) is 39.7 Å². The SMILES string of the molecule is COC(C)(C)CCN1CCCC1C(=O)O. The molecule has 1 fully saturated rings. The van der Waals surface area contributed by atoms with E-state index >= 15 is 0 Å². The third kappa shape index (κ3) is 3.47. The second kappa shape index (κ2) is 4.94. The topological polar surface area (TPSA) is 49.8 Å². The van der Waals surface area contributed by atoms with E-state index in [-0.39, 0.29) is 11.6 Å². The molecule has 4 heteroatoms. The summed E-state index contributed by atoms with van der Waals surface area (Å²) in [6.45, 7) is 5.76. The molecule has 1 rings (SSSR count). The van der Waals surface area contributed by atoms with E-state index in [9.17, 15) is 4.79 Å². The Hall–Kier alpha value is -0.610. The van der Waals surface area contributed by atoms with Crippen LogP contribution in [0.2, 0.25) is 0 Å². The molecule has 0 saturated carbocycles.